The highest BCUT2D eigenvalue weighted by Crippen LogP contribution is 2.36. The van der Waals surface area contributed by atoms with Crippen molar-refractivity contribution in [3.8, 4) is 0 Å². The third-order valence-corrected chi connectivity index (χ3v) is 3.23. The fourth-order valence-corrected chi connectivity index (χ4v) is 2.87. The fraction of sp³-hybridized carbons (Fsp3) is 1.00. The molecule has 1 aliphatic heterocycles. The zero-order valence-electron chi connectivity index (χ0n) is 8.00. The summed E-state index contributed by atoms with van der Waals surface area (Å²) in [6, 6.07) is 0.350. The summed E-state index contributed by atoms with van der Waals surface area (Å²) in [5.74, 6) is 2.00. The molecular weight excluding hydrogens is 148 g/mol. The molecular formula is C10H20N2. The molecule has 1 aliphatic carbocycles. The molecule has 12 heavy (non-hydrogen) atoms. The predicted molar refractivity (Wildman–Crippen MR) is 50.9 cm³/mol. The van der Waals surface area contributed by atoms with Crippen LogP contribution in [0.4, 0.5) is 0 Å². The summed E-state index contributed by atoms with van der Waals surface area (Å²) in [5, 5.41) is 0. The molecule has 2 fully saturated rings. The molecule has 2 bridgehead atoms. The van der Waals surface area contributed by atoms with E-state index in [1.54, 1.807) is 0 Å². The van der Waals surface area contributed by atoms with Crippen LogP contribution in [-0.2, 0) is 0 Å². The molecule has 2 aliphatic rings. The van der Waals surface area contributed by atoms with Gasteiger partial charge in [-0.05, 0) is 38.0 Å². The Morgan fingerprint density at radius 3 is 2.42 bits per heavy atom. The molecule has 2 nitrogen and oxygen atoms in total. The zero-order valence-corrected chi connectivity index (χ0v) is 8.00. The Balaban J connectivity index is 1.85. The standard InChI is InChI=1S/C10H20N2/c1-8(11)5-12-6-9-2-3-10(4-9)7-12/h8-10H,2-7,11H2,1H3/t8-,9-,10+/m1/s1. The molecule has 0 aromatic carbocycles. The van der Waals surface area contributed by atoms with E-state index in [0.29, 0.717) is 6.04 Å². The molecule has 0 spiro atoms. The molecule has 0 aromatic rings. The van der Waals surface area contributed by atoms with Crippen LogP contribution in [0.5, 0.6) is 0 Å². The average molecular weight is 168 g/mol. The second-order valence-corrected chi connectivity index (χ2v) is 4.74. The third kappa shape index (κ3) is 1.80. The van der Waals surface area contributed by atoms with Crippen molar-refractivity contribution >= 4 is 0 Å². The minimum Gasteiger partial charge on any atom is -0.327 e. The largest absolute Gasteiger partial charge is 0.327 e. The van der Waals surface area contributed by atoms with Gasteiger partial charge in [-0.2, -0.15) is 0 Å². The lowest BCUT2D eigenvalue weighted by Crippen LogP contribution is -2.42. The van der Waals surface area contributed by atoms with E-state index >= 15 is 0 Å². The van der Waals surface area contributed by atoms with Gasteiger partial charge in [0.15, 0.2) is 0 Å². The minimum atomic E-state index is 0.350. The minimum absolute atomic E-state index is 0.350. The molecule has 2 N–H and O–H groups in total. The number of likely N-dealkylation sites (tertiary alicyclic amines) is 1. The van der Waals surface area contributed by atoms with E-state index in [2.05, 4.69) is 11.8 Å². The van der Waals surface area contributed by atoms with Gasteiger partial charge in [0.25, 0.3) is 0 Å². The normalized spacial score (nSPS) is 38.5. The SMILES string of the molecule is C[C@@H](N)CN1C[C@@H]2CC[C@@H](C2)C1. The maximum atomic E-state index is 5.79. The molecule has 0 aromatic heterocycles. The van der Waals surface area contributed by atoms with E-state index in [1.165, 1.54) is 32.4 Å². The Kier molecular flexibility index (Phi) is 2.37. The van der Waals surface area contributed by atoms with Gasteiger partial charge in [-0.3, -0.25) is 0 Å². The quantitative estimate of drug-likeness (QED) is 0.668. The van der Waals surface area contributed by atoms with E-state index < -0.39 is 0 Å². The Morgan fingerprint density at radius 2 is 1.92 bits per heavy atom. The first-order chi connectivity index (χ1) is 5.74. The molecule has 70 valence electrons. The number of fused-ring (bicyclic) bond motifs is 2. The number of hydrogen-bond acceptors (Lipinski definition) is 2. The van der Waals surface area contributed by atoms with E-state index in [1.807, 2.05) is 0 Å². The Labute approximate surface area is 75.1 Å². The summed E-state index contributed by atoms with van der Waals surface area (Å²) in [4.78, 5) is 2.57. The van der Waals surface area contributed by atoms with Gasteiger partial charge in [0.1, 0.15) is 0 Å². The first-order valence-electron chi connectivity index (χ1n) is 5.22. The van der Waals surface area contributed by atoms with Gasteiger partial charge in [-0.15, -0.1) is 0 Å². The summed E-state index contributed by atoms with van der Waals surface area (Å²) < 4.78 is 0. The van der Waals surface area contributed by atoms with Crippen LogP contribution in [0.2, 0.25) is 0 Å². The molecule has 2 heteroatoms. The Hall–Kier alpha value is -0.0800. The number of piperidine rings is 1. The van der Waals surface area contributed by atoms with Gasteiger partial charge >= 0.3 is 0 Å². The van der Waals surface area contributed by atoms with Gasteiger partial charge in [-0.1, -0.05) is 0 Å². The Bertz CT molecular complexity index is 144. The van der Waals surface area contributed by atoms with Crippen LogP contribution < -0.4 is 5.73 Å². The van der Waals surface area contributed by atoms with Crippen LogP contribution in [0, 0.1) is 11.8 Å². The van der Waals surface area contributed by atoms with Gasteiger partial charge in [0.05, 0.1) is 0 Å². The van der Waals surface area contributed by atoms with Crippen molar-refractivity contribution in [1.29, 1.82) is 0 Å². The van der Waals surface area contributed by atoms with Crippen molar-refractivity contribution < 1.29 is 0 Å². The van der Waals surface area contributed by atoms with E-state index in [9.17, 15) is 0 Å². The average Bonchev–Trinajstić information content (AvgIpc) is 2.29. The summed E-state index contributed by atoms with van der Waals surface area (Å²) >= 11 is 0. The molecule has 0 radical (unpaired) electrons. The smallest absolute Gasteiger partial charge is 0.0139 e. The lowest BCUT2D eigenvalue weighted by molar-refractivity contribution is 0.162. The summed E-state index contributed by atoms with van der Waals surface area (Å²) in [6.07, 6.45) is 4.44. The predicted octanol–water partition coefficient (Wildman–Crippen LogP) is 1.07. The molecule has 1 saturated heterocycles. The number of hydrogen-bond donors (Lipinski definition) is 1. The second-order valence-electron chi connectivity index (χ2n) is 4.74. The van der Waals surface area contributed by atoms with Gasteiger partial charge < -0.3 is 10.6 Å². The molecule has 3 atom stereocenters. The topological polar surface area (TPSA) is 29.3 Å². The molecule has 0 unspecified atom stereocenters. The Morgan fingerprint density at radius 1 is 1.33 bits per heavy atom. The third-order valence-electron chi connectivity index (χ3n) is 3.23. The van der Waals surface area contributed by atoms with E-state index in [0.717, 1.165) is 18.4 Å². The first kappa shape index (κ1) is 8.52. The van der Waals surface area contributed by atoms with Crippen molar-refractivity contribution in [2.24, 2.45) is 17.6 Å². The van der Waals surface area contributed by atoms with Crippen molar-refractivity contribution in [2.75, 3.05) is 19.6 Å². The maximum Gasteiger partial charge on any atom is 0.0139 e. The van der Waals surface area contributed by atoms with Crippen LogP contribution in [0.1, 0.15) is 26.2 Å². The van der Waals surface area contributed by atoms with Crippen LogP contribution >= 0.6 is 0 Å². The number of nitrogens with zero attached hydrogens (tertiary/aromatic N) is 1. The highest BCUT2D eigenvalue weighted by atomic mass is 15.1. The molecule has 1 saturated carbocycles. The summed E-state index contributed by atoms with van der Waals surface area (Å²) in [5.41, 5.74) is 5.79. The van der Waals surface area contributed by atoms with Gasteiger partial charge in [0.2, 0.25) is 0 Å². The number of nitrogens with two attached hydrogens (primary N) is 1. The van der Waals surface area contributed by atoms with Gasteiger partial charge in [0, 0.05) is 25.7 Å². The van der Waals surface area contributed by atoms with E-state index in [-0.39, 0.29) is 0 Å². The van der Waals surface area contributed by atoms with Crippen LogP contribution in [0.15, 0.2) is 0 Å². The van der Waals surface area contributed by atoms with Crippen molar-refractivity contribution in [3.63, 3.8) is 0 Å². The monoisotopic (exact) mass is 168 g/mol. The second kappa shape index (κ2) is 3.35. The fourth-order valence-electron chi connectivity index (χ4n) is 2.87. The highest BCUT2D eigenvalue weighted by molar-refractivity contribution is 4.86. The van der Waals surface area contributed by atoms with Crippen molar-refractivity contribution in [1.82, 2.24) is 4.90 Å². The van der Waals surface area contributed by atoms with Crippen LogP contribution in [0.3, 0.4) is 0 Å². The lowest BCUT2D eigenvalue weighted by atomic mass is 9.98. The zero-order chi connectivity index (χ0) is 8.55. The van der Waals surface area contributed by atoms with Crippen molar-refractivity contribution in [2.45, 2.75) is 32.2 Å². The van der Waals surface area contributed by atoms with Gasteiger partial charge in [-0.25, -0.2) is 0 Å². The number of rotatable bonds is 2. The summed E-state index contributed by atoms with van der Waals surface area (Å²) in [6.45, 7) is 5.85. The summed E-state index contributed by atoms with van der Waals surface area (Å²) in [7, 11) is 0. The first-order valence-corrected chi connectivity index (χ1v) is 5.22. The molecule has 1 heterocycles. The molecule has 2 rings (SSSR count). The van der Waals surface area contributed by atoms with E-state index in [4.69, 9.17) is 5.73 Å². The van der Waals surface area contributed by atoms with Crippen molar-refractivity contribution in [3.05, 3.63) is 0 Å². The molecule has 0 amide bonds. The lowest BCUT2D eigenvalue weighted by Gasteiger charge is -2.32. The van der Waals surface area contributed by atoms with Crippen LogP contribution in [-0.4, -0.2) is 30.6 Å². The van der Waals surface area contributed by atoms with Crippen LogP contribution in [0.25, 0.3) is 0 Å². The highest BCUT2D eigenvalue weighted by Gasteiger charge is 2.32. The maximum absolute atomic E-state index is 5.79.